The predicted molar refractivity (Wildman–Crippen MR) is 91.6 cm³/mol. The van der Waals surface area contributed by atoms with Crippen molar-refractivity contribution in [3.8, 4) is 5.75 Å². The Balaban J connectivity index is 1.63. The van der Waals surface area contributed by atoms with Gasteiger partial charge in [-0.25, -0.2) is 0 Å². The smallest absolute Gasteiger partial charge is 0.261 e. The summed E-state index contributed by atoms with van der Waals surface area (Å²) in [6.07, 6.45) is 1.76. The molecule has 23 heavy (non-hydrogen) atoms. The van der Waals surface area contributed by atoms with Crippen LogP contribution >= 0.6 is 11.6 Å². The van der Waals surface area contributed by atoms with Gasteiger partial charge in [-0.15, -0.1) is 0 Å². The highest BCUT2D eigenvalue weighted by Gasteiger charge is 2.34. The summed E-state index contributed by atoms with van der Waals surface area (Å²) in [6.45, 7) is 1.76. The summed E-state index contributed by atoms with van der Waals surface area (Å²) in [6, 6.07) is 17.2. The van der Waals surface area contributed by atoms with Crippen molar-refractivity contribution >= 4 is 17.5 Å². The number of carbonyl (C=O) groups excluding carboxylic acids is 1. The molecule has 2 unspecified atom stereocenters. The van der Waals surface area contributed by atoms with Crippen LogP contribution in [0.5, 0.6) is 5.75 Å². The first-order valence-electron chi connectivity index (χ1n) is 7.91. The highest BCUT2D eigenvalue weighted by Crippen LogP contribution is 2.41. The molecule has 0 aromatic heterocycles. The Morgan fingerprint density at radius 2 is 1.78 bits per heavy atom. The maximum Gasteiger partial charge on any atom is 0.261 e. The Morgan fingerprint density at radius 3 is 2.39 bits per heavy atom. The van der Waals surface area contributed by atoms with Gasteiger partial charge in [0, 0.05) is 5.02 Å². The van der Waals surface area contributed by atoms with Crippen LogP contribution in [-0.4, -0.2) is 12.0 Å². The summed E-state index contributed by atoms with van der Waals surface area (Å²) in [5.41, 5.74) is 1.15. The van der Waals surface area contributed by atoms with Gasteiger partial charge in [-0.2, -0.15) is 0 Å². The van der Waals surface area contributed by atoms with Gasteiger partial charge in [0.25, 0.3) is 5.91 Å². The van der Waals surface area contributed by atoms with Crippen LogP contribution in [0.4, 0.5) is 0 Å². The van der Waals surface area contributed by atoms with Crippen molar-refractivity contribution in [2.75, 3.05) is 0 Å². The molecular formula is C19H20ClNO2. The Hall–Kier alpha value is -2.00. The SMILES string of the molecule is CC(Oc1ccc(Cl)cc1)C(=O)NC(c1ccccc1)C1CC1. The molecule has 1 aliphatic rings. The average molecular weight is 330 g/mol. The lowest BCUT2D eigenvalue weighted by Gasteiger charge is -2.22. The van der Waals surface area contributed by atoms with Crippen molar-refractivity contribution in [3.63, 3.8) is 0 Å². The molecule has 4 heteroatoms. The largest absolute Gasteiger partial charge is 0.481 e. The van der Waals surface area contributed by atoms with Crippen molar-refractivity contribution < 1.29 is 9.53 Å². The van der Waals surface area contributed by atoms with Crippen LogP contribution in [0.1, 0.15) is 31.4 Å². The number of rotatable bonds is 6. The van der Waals surface area contributed by atoms with E-state index in [1.807, 2.05) is 18.2 Å². The third-order valence-corrected chi connectivity index (χ3v) is 4.30. The zero-order valence-corrected chi connectivity index (χ0v) is 13.8. The molecule has 2 aromatic rings. The molecule has 0 saturated heterocycles. The molecule has 1 saturated carbocycles. The fourth-order valence-electron chi connectivity index (χ4n) is 2.60. The predicted octanol–water partition coefficient (Wildman–Crippen LogP) is 4.37. The molecule has 0 heterocycles. The fourth-order valence-corrected chi connectivity index (χ4v) is 2.73. The van der Waals surface area contributed by atoms with Crippen molar-refractivity contribution in [1.29, 1.82) is 0 Å². The Labute approximate surface area is 141 Å². The van der Waals surface area contributed by atoms with Crippen molar-refractivity contribution in [2.24, 2.45) is 5.92 Å². The number of hydrogen-bond donors (Lipinski definition) is 1. The minimum Gasteiger partial charge on any atom is -0.481 e. The molecule has 2 atom stereocenters. The fraction of sp³-hybridized carbons (Fsp3) is 0.316. The second kappa shape index (κ2) is 7.05. The molecule has 3 rings (SSSR count). The van der Waals surface area contributed by atoms with E-state index in [4.69, 9.17) is 16.3 Å². The monoisotopic (exact) mass is 329 g/mol. The van der Waals surface area contributed by atoms with E-state index in [-0.39, 0.29) is 11.9 Å². The molecule has 3 nitrogen and oxygen atoms in total. The van der Waals surface area contributed by atoms with Crippen LogP contribution < -0.4 is 10.1 Å². The Bertz CT molecular complexity index is 653. The first kappa shape index (κ1) is 15.9. The minimum atomic E-state index is -0.555. The van der Waals surface area contributed by atoms with Gasteiger partial charge >= 0.3 is 0 Å². The van der Waals surface area contributed by atoms with Crippen molar-refractivity contribution in [3.05, 3.63) is 65.2 Å². The van der Waals surface area contributed by atoms with Gasteiger partial charge < -0.3 is 10.1 Å². The molecular weight excluding hydrogens is 310 g/mol. The van der Waals surface area contributed by atoms with Gasteiger partial charge in [-0.05, 0) is 55.5 Å². The van der Waals surface area contributed by atoms with Crippen LogP contribution in [0.2, 0.25) is 5.02 Å². The second-order valence-electron chi connectivity index (χ2n) is 5.95. The Kier molecular flexibility index (Phi) is 4.87. The Morgan fingerprint density at radius 1 is 1.13 bits per heavy atom. The summed E-state index contributed by atoms with van der Waals surface area (Å²) < 4.78 is 5.70. The quantitative estimate of drug-likeness (QED) is 0.854. The summed E-state index contributed by atoms with van der Waals surface area (Å²) >= 11 is 5.85. The van der Waals surface area contributed by atoms with Crippen molar-refractivity contribution in [2.45, 2.75) is 31.9 Å². The molecule has 2 aromatic carbocycles. The maximum atomic E-state index is 12.5. The maximum absolute atomic E-state index is 12.5. The van der Waals surface area contributed by atoms with Crippen LogP contribution in [-0.2, 0) is 4.79 Å². The number of nitrogens with one attached hydrogen (secondary N) is 1. The third-order valence-electron chi connectivity index (χ3n) is 4.05. The van der Waals surface area contributed by atoms with E-state index in [9.17, 15) is 4.79 Å². The van der Waals surface area contributed by atoms with Gasteiger partial charge in [-0.1, -0.05) is 41.9 Å². The summed E-state index contributed by atoms with van der Waals surface area (Å²) in [5.74, 6) is 1.07. The van der Waals surface area contributed by atoms with Crippen LogP contribution in [0.25, 0.3) is 0 Å². The summed E-state index contributed by atoms with van der Waals surface area (Å²) in [4.78, 5) is 12.5. The van der Waals surface area contributed by atoms with E-state index >= 15 is 0 Å². The second-order valence-corrected chi connectivity index (χ2v) is 6.38. The van der Waals surface area contributed by atoms with Gasteiger partial charge in [0.05, 0.1) is 6.04 Å². The topological polar surface area (TPSA) is 38.3 Å². The van der Waals surface area contributed by atoms with Crippen LogP contribution in [0.15, 0.2) is 54.6 Å². The zero-order valence-electron chi connectivity index (χ0n) is 13.0. The van der Waals surface area contributed by atoms with Gasteiger partial charge in [0.2, 0.25) is 0 Å². The average Bonchev–Trinajstić information content (AvgIpc) is 3.40. The van der Waals surface area contributed by atoms with E-state index in [0.29, 0.717) is 16.7 Å². The number of carbonyl (C=O) groups is 1. The molecule has 0 aliphatic heterocycles. The number of halogens is 1. The van der Waals surface area contributed by atoms with E-state index in [1.165, 1.54) is 0 Å². The number of benzene rings is 2. The third kappa shape index (κ3) is 4.26. The number of ether oxygens (including phenoxy) is 1. The van der Waals surface area contributed by atoms with E-state index in [2.05, 4.69) is 17.4 Å². The molecule has 1 amide bonds. The first-order chi connectivity index (χ1) is 11.1. The van der Waals surface area contributed by atoms with Gasteiger partial charge in [0.1, 0.15) is 5.75 Å². The van der Waals surface area contributed by atoms with Crippen LogP contribution in [0, 0.1) is 5.92 Å². The van der Waals surface area contributed by atoms with Crippen LogP contribution in [0.3, 0.4) is 0 Å². The van der Waals surface area contributed by atoms with Gasteiger partial charge in [0.15, 0.2) is 6.10 Å². The lowest BCUT2D eigenvalue weighted by atomic mass is 10.0. The van der Waals surface area contributed by atoms with E-state index < -0.39 is 6.10 Å². The molecule has 1 fully saturated rings. The highest BCUT2D eigenvalue weighted by atomic mass is 35.5. The molecule has 0 bridgehead atoms. The van der Waals surface area contributed by atoms with Gasteiger partial charge in [-0.3, -0.25) is 4.79 Å². The molecule has 1 aliphatic carbocycles. The van der Waals surface area contributed by atoms with E-state index in [1.54, 1.807) is 31.2 Å². The molecule has 0 radical (unpaired) electrons. The standard InChI is InChI=1S/C19H20ClNO2/c1-13(23-17-11-9-16(20)10-12-17)19(22)21-18(15-7-8-15)14-5-3-2-4-6-14/h2-6,9-13,15,18H,7-8H2,1H3,(H,21,22). The molecule has 1 N–H and O–H groups in total. The normalized spacial score (nSPS) is 16.4. The highest BCUT2D eigenvalue weighted by molar-refractivity contribution is 6.30. The van der Waals surface area contributed by atoms with E-state index in [0.717, 1.165) is 18.4 Å². The first-order valence-corrected chi connectivity index (χ1v) is 8.29. The summed E-state index contributed by atoms with van der Waals surface area (Å²) in [7, 11) is 0. The number of amides is 1. The molecule has 0 spiro atoms. The lowest BCUT2D eigenvalue weighted by molar-refractivity contribution is -0.128. The van der Waals surface area contributed by atoms with Crippen molar-refractivity contribution in [1.82, 2.24) is 5.32 Å². The minimum absolute atomic E-state index is 0.0694. The summed E-state index contributed by atoms with van der Waals surface area (Å²) in [5, 5.41) is 3.78. The lowest BCUT2D eigenvalue weighted by Crippen LogP contribution is -2.39. The molecule has 120 valence electrons. The number of hydrogen-bond acceptors (Lipinski definition) is 2. The zero-order chi connectivity index (χ0) is 16.2.